The van der Waals surface area contributed by atoms with Crippen LogP contribution < -0.4 is 14.2 Å². The highest BCUT2D eigenvalue weighted by molar-refractivity contribution is 8.01. The average Bonchev–Trinajstić information content (AvgIpc) is 2.59. The van der Waals surface area contributed by atoms with Gasteiger partial charge in [-0.25, -0.2) is 0 Å². The summed E-state index contributed by atoms with van der Waals surface area (Å²) < 4.78 is 16.1. The lowest BCUT2D eigenvalue weighted by Gasteiger charge is -2.14. The highest BCUT2D eigenvalue weighted by atomic mass is 32.2. The van der Waals surface area contributed by atoms with Gasteiger partial charge in [0.2, 0.25) is 0 Å². The van der Waals surface area contributed by atoms with Crippen LogP contribution >= 0.6 is 11.8 Å². The smallest absolute Gasteiger partial charge is 0.130 e. The maximum atomic E-state index is 9.73. The molecule has 0 heterocycles. The van der Waals surface area contributed by atoms with Crippen molar-refractivity contribution < 1.29 is 19.3 Å². The second-order valence-corrected chi connectivity index (χ2v) is 5.58. The molecule has 0 spiro atoms. The van der Waals surface area contributed by atoms with Gasteiger partial charge in [-0.2, -0.15) is 0 Å². The van der Waals surface area contributed by atoms with E-state index >= 15 is 0 Å². The number of rotatable bonds is 7. The van der Waals surface area contributed by atoms with Gasteiger partial charge in [-0.15, -0.1) is 11.8 Å². The lowest BCUT2D eigenvalue weighted by molar-refractivity contribution is 0.371. The Bertz CT molecular complexity index is 657. The SMILES string of the molecule is COc1cc(OC)c(CS/C=C\c2ccccc2O)c(OC)c1. The van der Waals surface area contributed by atoms with Crippen molar-refractivity contribution in [2.45, 2.75) is 5.75 Å². The molecule has 4 nitrogen and oxygen atoms in total. The molecule has 0 unspecified atom stereocenters. The summed E-state index contributed by atoms with van der Waals surface area (Å²) >= 11 is 1.59. The number of ether oxygens (including phenoxy) is 3. The second kappa shape index (κ2) is 8.39. The van der Waals surface area contributed by atoms with Crippen molar-refractivity contribution >= 4 is 17.8 Å². The molecule has 122 valence electrons. The Kier molecular flexibility index (Phi) is 6.23. The van der Waals surface area contributed by atoms with Gasteiger partial charge in [0.25, 0.3) is 0 Å². The predicted molar refractivity (Wildman–Crippen MR) is 94.5 cm³/mol. The van der Waals surface area contributed by atoms with Crippen LogP contribution in [0.3, 0.4) is 0 Å². The molecule has 0 aromatic heterocycles. The molecule has 23 heavy (non-hydrogen) atoms. The van der Waals surface area contributed by atoms with E-state index < -0.39 is 0 Å². The lowest BCUT2D eigenvalue weighted by Crippen LogP contribution is -1.97. The first-order valence-electron chi connectivity index (χ1n) is 7.04. The number of benzene rings is 2. The van der Waals surface area contributed by atoms with Gasteiger partial charge >= 0.3 is 0 Å². The minimum atomic E-state index is 0.268. The van der Waals surface area contributed by atoms with Gasteiger partial charge in [-0.05, 0) is 17.6 Å². The molecule has 2 rings (SSSR count). The van der Waals surface area contributed by atoms with Crippen LogP contribution in [0.2, 0.25) is 0 Å². The number of phenols is 1. The maximum absolute atomic E-state index is 9.73. The Balaban J connectivity index is 2.12. The quantitative estimate of drug-likeness (QED) is 0.818. The van der Waals surface area contributed by atoms with E-state index in [0.717, 1.165) is 22.6 Å². The van der Waals surface area contributed by atoms with Gasteiger partial charge in [-0.1, -0.05) is 18.2 Å². The van der Waals surface area contributed by atoms with E-state index in [9.17, 15) is 5.11 Å². The fourth-order valence-corrected chi connectivity index (χ4v) is 2.89. The van der Waals surface area contributed by atoms with E-state index in [-0.39, 0.29) is 5.75 Å². The Morgan fingerprint density at radius 2 is 1.65 bits per heavy atom. The molecular formula is C18H20O4S. The predicted octanol–water partition coefficient (Wildman–Crippen LogP) is 4.32. The van der Waals surface area contributed by atoms with Crippen molar-refractivity contribution in [3.05, 3.63) is 52.9 Å². The van der Waals surface area contributed by atoms with Crippen molar-refractivity contribution in [1.82, 2.24) is 0 Å². The molecule has 0 atom stereocenters. The molecule has 2 aromatic carbocycles. The van der Waals surface area contributed by atoms with Crippen molar-refractivity contribution in [2.24, 2.45) is 0 Å². The van der Waals surface area contributed by atoms with E-state index in [2.05, 4.69) is 0 Å². The molecule has 0 bridgehead atoms. The number of hydrogen-bond acceptors (Lipinski definition) is 5. The molecule has 0 aliphatic carbocycles. The first-order chi connectivity index (χ1) is 11.2. The van der Waals surface area contributed by atoms with Gasteiger partial charge < -0.3 is 19.3 Å². The maximum Gasteiger partial charge on any atom is 0.130 e. The first-order valence-corrected chi connectivity index (χ1v) is 8.09. The van der Waals surface area contributed by atoms with E-state index in [1.54, 1.807) is 45.2 Å². The van der Waals surface area contributed by atoms with Gasteiger partial charge in [0.05, 0.1) is 21.3 Å². The summed E-state index contributed by atoms with van der Waals surface area (Å²) in [4.78, 5) is 0. The zero-order chi connectivity index (χ0) is 16.7. The van der Waals surface area contributed by atoms with E-state index in [0.29, 0.717) is 11.5 Å². The molecule has 2 aromatic rings. The second-order valence-electron chi connectivity index (χ2n) is 4.68. The van der Waals surface area contributed by atoms with Crippen LogP contribution in [0.25, 0.3) is 6.08 Å². The summed E-state index contributed by atoms with van der Waals surface area (Å²) in [5.41, 5.74) is 1.75. The minimum Gasteiger partial charge on any atom is -0.507 e. The highest BCUT2D eigenvalue weighted by Gasteiger charge is 2.12. The Morgan fingerprint density at radius 3 is 2.22 bits per heavy atom. The van der Waals surface area contributed by atoms with Crippen LogP contribution in [0.5, 0.6) is 23.0 Å². The average molecular weight is 332 g/mol. The van der Waals surface area contributed by atoms with Crippen LogP contribution in [-0.4, -0.2) is 26.4 Å². The van der Waals surface area contributed by atoms with E-state index in [1.165, 1.54) is 0 Å². The van der Waals surface area contributed by atoms with Crippen LogP contribution in [0.1, 0.15) is 11.1 Å². The van der Waals surface area contributed by atoms with Gasteiger partial charge in [0.1, 0.15) is 23.0 Å². The molecule has 0 fully saturated rings. The summed E-state index contributed by atoms with van der Waals surface area (Å²) in [7, 11) is 4.86. The molecule has 0 saturated carbocycles. The zero-order valence-corrected chi connectivity index (χ0v) is 14.2. The largest absolute Gasteiger partial charge is 0.507 e. The summed E-state index contributed by atoms with van der Waals surface area (Å²) in [6.45, 7) is 0. The molecule has 0 aliphatic rings. The van der Waals surface area contributed by atoms with E-state index in [1.807, 2.05) is 35.7 Å². The number of methoxy groups -OCH3 is 3. The van der Waals surface area contributed by atoms with Crippen molar-refractivity contribution in [1.29, 1.82) is 0 Å². The Morgan fingerprint density at radius 1 is 1.00 bits per heavy atom. The number of hydrogen-bond donors (Lipinski definition) is 1. The first kappa shape index (κ1) is 17.1. The van der Waals surface area contributed by atoms with Crippen LogP contribution in [0, 0.1) is 0 Å². The van der Waals surface area contributed by atoms with Crippen molar-refractivity contribution in [3.8, 4) is 23.0 Å². The summed E-state index contributed by atoms with van der Waals surface area (Å²) in [6, 6.07) is 10.9. The number of aromatic hydroxyl groups is 1. The third-order valence-electron chi connectivity index (χ3n) is 3.33. The van der Waals surface area contributed by atoms with Gasteiger partial charge in [0.15, 0.2) is 0 Å². The summed E-state index contributed by atoms with van der Waals surface area (Å²) in [5, 5.41) is 11.7. The number of thioether (sulfide) groups is 1. The minimum absolute atomic E-state index is 0.268. The fraction of sp³-hybridized carbons (Fsp3) is 0.222. The molecule has 0 amide bonds. The number of phenolic OH excluding ortho intramolecular Hbond substituents is 1. The zero-order valence-electron chi connectivity index (χ0n) is 13.4. The normalized spacial score (nSPS) is 10.7. The Hall–Kier alpha value is -2.27. The molecule has 1 N–H and O–H groups in total. The van der Waals surface area contributed by atoms with Gasteiger partial charge in [0, 0.05) is 29.0 Å². The van der Waals surface area contributed by atoms with Crippen LogP contribution in [0.4, 0.5) is 0 Å². The fourth-order valence-electron chi connectivity index (χ4n) is 2.10. The molecule has 0 radical (unpaired) electrons. The Labute approximate surface area is 140 Å². The summed E-state index contributed by atoms with van der Waals surface area (Å²) in [5.74, 6) is 3.09. The molecule has 5 heteroatoms. The van der Waals surface area contributed by atoms with Crippen LogP contribution in [0.15, 0.2) is 41.8 Å². The molecule has 0 aliphatic heterocycles. The van der Waals surface area contributed by atoms with E-state index in [4.69, 9.17) is 14.2 Å². The monoisotopic (exact) mass is 332 g/mol. The van der Waals surface area contributed by atoms with Crippen molar-refractivity contribution in [2.75, 3.05) is 21.3 Å². The molecular weight excluding hydrogens is 312 g/mol. The standard InChI is InChI=1S/C18H20O4S/c1-20-14-10-17(21-2)15(18(11-14)22-3)12-23-9-8-13-6-4-5-7-16(13)19/h4-11,19H,12H2,1-3H3/b9-8-. The topological polar surface area (TPSA) is 47.9 Å². The number of para-hydroxylation sites is 1. The third-order valence-corrected chi connectivity index (χ3v) is 4.11. The van der Waals surface area contributed by atoms with Crippen molar-refractivity contribution in [3.63, 3.8) is 0 Å². The van der Waals surface area contributed by atoms with Crippen LogP contribution in [-0.2, 0) is 5.75 Å². The third kappa shape index (κ3) is 4.36. The molecule has 0 saturated heterocycles. The van der Waals surface area contributed by atoms with Gasteiger partial charge in [-0.3, -0.25) is 0 Å². The highest BCUT2D eigenvalue weighted by Crippen LogP contribution is 2.36. The summed E-state index contributed by atoms with van der Waals surface area (Å²) in [6.07, 6.45) is 1.88. The lowest BCUT2D eigenvalue weighted by atomic mass is 10.2.